The predicted molar refractivity (Wildman–Crippen MR) is 155 cm³/mol. The molecule has 2 unspecified atom stereocenters. The average molecular weight is 692 g/mol. The molecule has 3 aromatic rings. The molecular formula is C31H38IN3O5S. The number of likely N-dealkylation sites (N-methyl/N-ethyl adjacent to an activating group) is 1. The van der Waals surface area contributed by atoms with Gasteiger partial charge in [-0.25, -0.2) is 0 Å². The molecule has 4 rings (SSSR count). The molecule has 2 aromatic carbocycles. The second-order valence-electron chi connectivity index (χ2n) is 10.3. The van der Waals surface area contributed by atoms with Crippen LogP contribution in [0, 0.1) is 0 Å². The Morgan fingerprint density at radius 3 is 2.54 bits per heavy atom. The summed E-state index contributed by atoms with van der Waals surface area (Å²) in [4.78, 5) is 24.9. The molecule has 0 saturated heterocycles. The van der Waals surface area contributed by atoms with Crippen molar-refractivity contribution in [2.24, 2.45) is 0 Å². The number of para-hydroxylation sites is 1. The van der Waals surface area contributed by atoms with Gasteiger partial charge in [0.25, 0.3) is 12.1 Å². The minimum Gasteiger partial charge on any atom is -1.00 e. The minimum absolute atomic E-state index is 0. The molecular weight excluding hydrogens is 653 g/mol. The van der Waals surface area contributed by atoms with Crippen molar-refractivity contribution in [3.63, 3.8) is 0 Å². The summed E-state index contributed by atoms with van der Waals surface area (Å²) in [5, 5.41) is 0. The van der Waals surface area contributed by atoms with Crippen molar-refractivity contribution in [2.45, 2.75) is 58.6 Å². The fourth-order valence-electron chi connectivity index (χ4n) is 5.01. The highest BCUT2D eigenvalue weighted by molar-refractivity contribution is 6.99. The van der Waals surface area contributed by atoms with Gasteiger partial charge in [-0.15, -0.1) is 4.37 Å². The molecule has 0 fully saturated rings. The van der Waals surface area contributed by atoms with Gasteiger partial charge in [0.05, 0.1) is 43.9 Å². The van der Waals surface area contributed by atoms with E-state index in [2.05, 4.69) is 28.8 Å². The highest BCUT2D eigenvalue weighted by Gasteiger charge is 2.40. The molecule has 220 valence electrons. The summed E-state index contributed by atoms with van der Waals surface area (Å²) >= 11 is 1.16. The summed E-state index contributed by atoms with van der Waals surface area (Å²) in [7, 11) is 2.11. The molecule has 1 aliphatic rings. The molecule has 10 heteroatoms. The fraction of sp³-hybridized carbons (Fsp3) is 0.419. The van der Waals surface area contributed by atoms with Crippen LogP contribution in [0.5, 0.6) is 11.6 Å². The van der Waals surface area contributed by atoms with Crippen LogP contribution in [0.2, 0.25) is 0 Å². The Morgan fingerprint density at radius 1 is 1.02 bits per heavy atom. The number of esters is 2. The summed E-state index contributed by atoms with van der Waals surface area (Å²) in [6, 6.07) is 16.9. The number of nitrogens with zero attached hydrogens (tertiary/aromatic N) is 3. The van der Waals surface area contributed by atoms with E-state index >= 15 is 0 Å². The van der Waals surface area contributed by atoms with Crippen molar-refractivity contribution in [1.29, 1.82) is 0 Å². The van der Waals surface area contributed by atoms with Crippen LogP contribution in [-0.2, 0) is 20.7 Å². The first-order valence-electron chi connectivity index (χ1n) is 13.9. The van der Waals surface area contributed by atoms with Gasteiger partial charge < -0.3 is 38.2 Å². The Hall–Kier alpha value is -2.83. The number of aromatic nitrogens is 2. The lowest BCUT2D eigenvalue weighted by atomic mass is 10.0. The minimum atomic E-state index is -0.539. The van der Waals surface area contributed by atoms with Gasteiger partial charge in [-0.2, -0.15) is 4.37 Å². The van der Waals surface area contributed by atoms with Crippen LogP contribution in [0.3, 0.4) is 0 Å². The zero-order valence-electron chi connectivity index (χ0n) is 23.9. The van der Waals surface area contributed by atoms with Gasteiger partial charge in [-0.05, 0) is 24.6 Å². The van der Waals surface area contributed by atoms with E-state index in [1.165, 1.54) is 19.8 Å². The van der Waals surface area contributed by atoms with Gasteiger partial charge in [0.15, 0.2) is 0 Å². The quantitative estimate of drug-likeness (QED) is 0.0896. The first-order chi connectivity index (χ1) is 19.4. The summed E-state index contributed by atoms with van der Waals surface area (Å²) in [5.74, 6) is 0.117. The average Bonchev–Trinajstić information content (AvgIpc) is 3.41. The number of unbranched alkanes of at least 4 members (excludes halogenated alkanes) is 3. The molecule has 0 aliphatic carbocycles. The number of quaternary nitrogens is 1. The zero-order chi connectivity index (χ0) is 28.4. The van der Waals surface area contributed by atoms with Gasteiger partial charge in [0, 0.05) is 24.5 Å². The highest BCUT2D eigenvalue weighted by atomic mass is 127. The van der Waals surface area contributed by atoms with Crippen LogP contribution >= 0.6 is 11.7 Å². The standard InChI is InChI=1S/C31H38N3O5S.HI/c1-4-5-6-12-20-37-30-29(32-40-33-30)26-17-13-19-34(3,22-26)31(24-14-8-7-9-15-24)39-28(36)21-25-16-10-11-18-27(25)38-23(2)35;/h7-11,14-18,31H,4-6,12-13,19-22H2,1-3H3;1H/q+1;/p-1. The Bertz CT molecular complexity index is 1320. The van der Waals surface area contributed by atoms with E-state index in [9.17, 15) is 9.59 Å². The van der Waals surface area contributed by atoms with Crippen molar-refractivity contribution in [3.05, 3.63) is 77.5 Å². The van der Waals surface area contributed by atoms with Crippen molar-refractivity contribution >= 4 is 29.2 Å². The lowest BCUT2D eigenvalue weighted by Gasteiger charge is -2.42. The second-order valence-corrected chi connectivity index (χ2v) is 10.9. The lowest BCUT2D eigenvalue weighted by molar-refractivity contribution is -0.953. The van der Waals surface area contributed by atoms with Gasteiger partial charge in [0.2, 0.25) is 0 Å². The predicted octanol–water partition coefficient (Wildman–Crippen LogP) is 3.14. The third-order valence-corrected chi connectivity index (χ3v) is 7.53. The van der Waals surface area contributed by atoms with Crippen molar-refractivity contribution in [1.82, 2.24) is 8.75 Å². The van der Waals surface area contributed by atoms with E-state index < -0.39 is 18.2 Å². The number of hydrogen-bond donors (Lipinski definition) is 0. The third-order valence-electron chi connectivity index (χ3n) is 7.02. The Kier molecular flexibility index (Phi) is 12.7. The topological polar surface area (TPSA) is 87.6 Å². The monoisotopic (exact) mass is 691 g/mol. The van der Waals surface area contributed by atoms with E-state index in [1.54, 1.807) is 18.2 Å². The first kappa shape index (κ1) is 32.7. The van der Waals surface area contributed by atoms with E-state index in [1.807, 2.05) is 36.4 Å². The van der Waals surface area contributed by atoms with Crippen LogP contribution in [0.15, 0.2) is 60.7 Å². The number of carbonyl (C=O) groups excluding carboxylic acids is 2. The van der Waals surface area contributed by atoms with Crippen LogP contribution in [0.25, 0.3) is 5.57 Å². The van der Waals surface area contributed by atoms with Crippen LogP contribution < -0.4 is 33.5 Å². The van der Waals surface area contributed by atoms with Crippen molar-refractivity contribution < 1.29 is 52.3 Å². The third kappa shape index (κ3) is 9.08. The molecule has 2 heterocycles. The number of benzene rings is 2. The molecule has 1 aliphatic heterocycles. The van der Waals surface area contributed by atoms with Gasteiger partial charge in [-0.3, -0.25) is 14.1 Å². The Morgan fingerprint density at radius 2 is 1.78 bits per heavy atom. The number of ether oxygens (including phenoxy) is 3. The van der Waals surface area contributed by atoms with Gasteiger partial charge in [-0.1, -0.05) is 68.7 Å². The van der Waals surface area contributed by atoms with E-state index in [-0.39, 0.29) is 30.4 Å². The molecule has 1 aromatic heterocycles. The van der Waals surface area contributed by atoms with E-state index in [0.717, 1.165) is 54.4 Å². The maximum atomic E-state index is 13.3. The second kappa shape index (κ2) is 16.0. The number of rotatable bonds is 13. The molecule has 0 saturated carbocycles. The molecule has 0 radical (unpaired) electrons. The summed E-state index contributed by atoms with van der Waals surface area (Å²) in [5.41, 5.74) is 3.34. The Balaban J connectivity index is 0.00000462. The van der Waals surface area contributed by atoms with Gasteiger partial charge >= 0.3 is 11.9 Å². The molecule has 0 N–H and O–H groups in total. The fourth-order valence-corrected chi connectivity index (χ4v) is 5.54. The summed E-state index contributed by atoms with van der Waals surface area (Å²) in [6.07, 6.45) is 6.95. The van der Waals surface area contributed by atoms with Gasteiger partial charge in [0.1, 0.15) is 18.0 Å². The maximum Gasteiger partial charge on any atom is 0.315 e. The van der Waals surface area contributed by atoms with Crippen molar-refractivity contribution in [2.75, 3.05) is 26.7 Å². The maximum absolute atomic E-state index is 13.3. The van der Waals surface area contributed by atoms with E-state index in [4.69, 9.17) is 14.2 Å². The SMILES string of the molecule is CCCCCCOc1nsnc1C1=CCC[N+](C)(C(OC(=O)Cc2ccccc2OC(C)=O)c2ccccc2)C1.[I-]. The van der Waals surface area contributed by atoms with Crippen LogP contribution in [0.1, 0.15) is 69.0 Å². The summed E-state index contributed by atoms with van der Waals surface area (Å²) in [6.45, 7) is 5.54. The largest absolute Gasteiger partial charge is 1.00 e. The van der Waals surface area contributed by atoms with E-state index in [0.29, 0.717) is 34.8 Å². The van der Waals surface area contributed by atoms with Crippen LogP contribution in [-0.4, -0.2) is 51.9 Å². The number of halogens is 1. The Labute approximate surface area is 263 Å². The molecule has 8 nitrogen and oxygen atoms in total. The lowest BCUT2D eigenvalue weighted by Crippen LogP contribution is -3.00. The molecule has 0 spiro atoms. The molecule has 41 heavy (non-hydrogen) atoms. The van der Waals surface area contributed by atoms with Crippen LogP contribution in [0.4, 0.5) is 0 Å². The highest BCUT2D eigenvalue weighted by Crippen LogP contribution is 2.37. The summed E-state index contributed by atoms with van der Waals surface area (Å²) < 4.78 is 27.0. The van der Waals surface area contributed by atoms with Crippen molar-refractivity contribution in [3.8, 4) is 11.6 Å². The number of hydrogen-bond acceptors (Lipinski definition) is 8. The first-order valence-corrected chi connectivity index (χ1v) is 14.6. The smallest absolute Gasteiger partial charge is 0.315 e. The molecule has 0 bridgehead atoms. The normalized spacial score (nSPS) is 17.1. The molecule has 2 atom stereocenters. The number of carbonyl (C=O) groups is 2. The molecule has 0 amide bonds. The zero-order valence-corrected chi connectivity index (χ0v) is 26.9.